The fraction of sp³-hybridized carbons (Fsp3) is 0.304. The number of anilines is 1. The number of hydrogen-bond donors (Lipinski definition) is 2. The van der Waals surface area contributed by atoms with Crippen LogP contribution in [0.5, 0.6) is 17.2 Å². The highest BCUT2D eigenvalue weighted by molar-refractivity contribution is 6.09. The molecule has 0 aliphatic heterocycles. The number of amides is 2. The third-order valence-electron chi connectivity index (χ3n) is 4.51. The van der Waals surface area contributed by atoms with E-state index in [1.54, 1.807) is 32.9 Å². The summed E-state index contributed by atoms with van der Waals surface area (Å²) >= 11 is 0. The Balaban J connectivity index is 2.47. The number of ether oxygens (including phenoxy) is 3. The summed E-state index contributed by atoms with van der Waals surface area (Å²) in [7, 11) is 4.41. The summed E-state index contributed by atoms with van der Waals surface area (Å²) in [5.74, 6) is 0.142. The highest BCUT2D eigenvalue weighted by Gasteiger charge is 2.24. The van der Waals surface area contributed by atoms with E-state index in [0.717, 1.165) is 0 Å². The standard InChI is InChI=1S/C23H27N3O7/c1-23(2,3)22(28)25-17(21(27)24-15-7-9-16(10-8-15)26(29)30)11-14-12-18(31-4)20(33-6)19(13-14)32-5/h7-13H,1-6H3,(H,24,27)(H,25,28)/b17-11+. The Morgan fingerprint density at radius 2 is 1.52 bits per heavy atom. The fourth-order valence-electron chi connectivity index (χ4n) is 2.68. The zero-order valence-electron chi connectivity index (χ0n) is 19.3. The number of rotatable bonds is 8. The van der Waals surface area contributed by atoms with Crippen molar-refractivity contribution in [3.8, 4) is 17.2 Å². The van der Waals surface area contributed by atoms with Crippen molar-refractivity contribution in [1.82, 2.24) is 5.32 Å². The van der Waals surface area contributed by atoms with E-state index in [1.165, 1.54) is 51.7 Å². The molecule has 2 aromatic rings. The quantitative estimate of drug-likeness (QED) is 0.351. The number of carbonyl (C=O) groups excluding carboxylic acids is 2. The molecule has 2 amide bonds. The zero-order chi connectivity index (χ0) is 24.8. The van der Waals surface area contributed by atoms with Crippen LogP contribution in [0.1, 0.15) is 26.3 Å². The number of carbonyl (C=O) groups is 2. The maximum Gasteiger partial charge on any atom is 0.272 e. The second kappa shape index (κ2) is 10.5. The number of hydrogen-bond acceptors (Lipinski definition) is 7. The van der Waals surface area contributed by atoms with Gasteiger partial charge in [0.2, 0.25) is 11.7 Å². The van der Waals surface area contributed by atoms with Crippen molar-refractivity contribution in [2.24, 2.45) is 5.41 Å². The highest BCUT2D eigenvalue weighted by Crippen LogP contribution is 2.38. The lowest BCUT2D eigenvalue weighted by molar-refractivity contribution is -0.384. The first-order valence-corrected chi connectivity index (χ1v) is 9.89. The molecular formula is C23H27N3O7. The zero-order valence-corrected chi connectivity index (χ0v) is 19.3. The van der Waals surface area contributed by atoms with Gasteiger partial charge in [-0.1, -0.05) is 20.8 Å². The Morgan fingerprint density at radius 3 is 1.94 bits per heavy atom. The van der Waals surface area contributed by atoms with Crippen LogP contribution in [0.4, 0.5) is 11.4 Å². The summed E-state index contributed by atoms with van der Waals surface area (Å²) in [6.45, 7) is 5.15. The van der Waals surface area contributed by atoms with E-state index in [-0.39, 0.29) is 17.3 Å². The van der Waals surface area contributed by atoms with Crippen LogP contribution in [0.3, 0.4) is 0 Å². The van der Waals surface area contributed by atoms with Gasteiger partial charge in [-0.05, 0) is 35.9 Å². The molecule has 2 N–H and O–H groups in total. The van der Waals surface area contributed by atoms with Crippen molar-refractivity contribution in [1.29, 1.82) is 0 Å². The first kappa shape index (κ1) is 25.2. The van der Waals surface area contributed by atoms with Gasteiger partial charge in [0.1, 0.15) is 5.70 Å². The normalized spacial score (nSPS) is 11.4. The first-order valence-electron chi connectivity index (χ1n) is 9.89. The van der Waals surface area contributed by atoms with Crippen molar-refractivity contribution in [3.05, 3.63) is 57.8 Å². The largest absolute Gasteiger partial charge is 0.493 e. The highest BCUT2D eigenvalue weighted by atomic mass is 16.6. The molecule has 0 bridgehead atoms. The van der Waals surface area contributed by atoms with Gasteiger partial charge in [-0.25, -0.2) is 0 Å². The number of nitro groups is 1. The molecule has 0 fully saturated rings. The molecule has 0 aliphatic rings. The number of nitro benzene ring substituents is 1. The predicted molar refractivity (Wildman–Crippen MR) is 123 cm³/mol. The molecule has 2 aromatic carbocycles. The molecular weight excluding hydrogens is 430 g/mol. The number of nitrogens with one attached hydrogen (secondary N) is 2. The number of methoxy groups -OCH3 is 3. The summed E-state index contributed by atoms with van der Waals surface area (Å²) in [6, 6.07) is 8.60. The van der Waals surface area contributed by atoms with E-state index >= 15 is 0 Å². The monoisotopic (exact) mass is 457 g/mol. The van der Waals surface area contributed by atoms with E-state index in [4.69, 9.17) is 14.2 Å². The summed E-state index contributed by atoms with van der Waals surface area (Å²) in [5.41, 5.74) is -0.0779. The van der Waals surface area contributed by atoms with Crippen molar-refractivity contribution in [2.75, 3.05) is 26.6 Å². The maximum absolute atomic E-state index is 13.0. The molecule has 0 atom stereocenters. The lowest BCUT2D eigenvalue weighted by atomic mass is 9.95. The van der Waals surface area contributed by atoms with Crippen molar-refractivity contribution in [2.45, 2.75) is 20.8 Å². The predicted octanol–water partition coefficient (Wildman–Crippen LogP) is 3.76. The second-order valence-corrected chi connectivity index (χ2v) is 7.98. The van der Waals surface area contributed by atoms with Crippen LogP contribution in [0, 0.1) is 15.5 Å². The third kappa shape index (κ3) is 6.45. The minimum absolute atomic E-state index is 0.0393. The fourth-order valence-corrected chi connectivity index (χ4v) is 2.68. The van der Waals surface area contributed by atoms with Gasteiger partial charge in [0, 0.05) is 23.2 Å². The molecule has 2 rings (SSSR count). The lowest BCUT2D eigenvalue weighted by Gasteiger charge is -2.19. The van der Waals surface area contributed by atoms with Crippen LogP contribution in [-0.2, 0) is 9.59 Å². The van der Waals surface area contributed by atoms with E-state index < -0.39 is 16.2 Å². The molecule has 10 nitrogen and oxygen atoms in total. The average molecular weight is 457 g/mol. The van der Waals surface area contributed by atoms with E-state index in [2.05, 4.69) is 10.6 Å². The molecule has 0 spiro atoms. The molecule has 33 heavy (non-hydrogen) atoms. The Bertz CT molecular complexity index is 1050. The minimum Gasteiger partial charge on any atom is -0.493 e. The maximum atomic E-state index is 13.0. The van der Waals surface area contributed by atoms with Crippen LogP contribution in [0.25, 0.3) is 6.08 Å². The van der Waals surface area contributed by atoms with Crippen LogP contribution in [0.2, 0.25) is 0 Å². The van der Waals surface area contributed by atoms with Crippen LogP contribution in [-0.4, -0.2) is 38.1 Å². The van der Waals surface area contributed by atoms with Crippen molar-refractivity contribution < 1.29 is 28.7 Å². The van der Waals surface area contributed by atoms with Crippen LogP contribution in [0.15, 0.2) is 42.1 Å². The van der Waals surface area contributed by atoms with Gasteiger partial charge in [-0.3, -0.25) is 19.7 Å². The van der Waals surface area contributed by atoms with Crippen LogP contribution >= 0.6 is 0 Å². The van der Waals surface area contributed by atoms with Gasteiger partial charge in [0.05, 0.1) is 26.3 Å². The topological polar surface area (TPSA) is 129 Å². The van der Waals surface area contributed by atoms with Crippen LogP contribution < -0.4 is 24.8 Å². The Hall–Kier alpha value is -4.08. The molecule has 176 valence electrons. The second-order valence-electron chi connectivity index (χ2n) is 7.98. The first-order chi connectivity index (χ1) is 15.5. The van der Waals surface area contributed by atoms with Gasteiger partial charge in [-0.15, -0.1) is 0 Å². The van der Waals surface area contributed by atoms with E-state index in [9.17, 15) is 19.7 Å². The van der Waals surface area contributed by atoms with Crippen molar-refractivity contribution in [3.63, 3.8) is 0 Å². The molecule has 0 unspecified atom stereocenters. The van der Waals surface area contributed by atoms with E-state index in [1.807, 2.05) is 0 Å². The summed E-state index contributed by atoms with van der Waals surface area (Å²) in [6.07, 6.45) is 1.47. The molecule has 0 radical (unpaired) electrons. The Labute approximate surface area is 191 Å². The lowest BCUT2D eigenvalue weighted by Crippen LogP contribution is -2.38. The molecule has 0 aromatic heterocycles. The smallest absolute Gasteiger partial charge is 0.272 e. The molecule has 0 aliphatic carbocycles. The average Bonchev–Trinajstić information content (AvgIpc) is 2.77. The summed E-state index contributed by atoms with van der Waals surface area (Å²) in [5, 5.41) is 16.1. The van der Waals surface area contributed by atoms with Gasteiger partial charge in [0.15, 0.2) is 11.5 Å². The Kier molecular flexibility index (Phi) is 8.00. The summed E-state index contributed by atoms with van der Waals surface area (Å²) in [4.78, 5) is 35.9. The van der Waals surface area contributed by atoms with E-state index in [0.29, 0.717) is 28.5 Å². The van der Waals surface area contributed by atoms with Gasteiger partial charge in [-0.2, -0.15) is 0 Å². The third-order valence-corrected chi connectivity index (χ3v) is 4.51. The van der Waals surface area contributed by atoms with Gasteiger partial charge >= 0.3 is 0 Å². The minimum atomic E-state index is -0.762. The molecule has 0 saturated heterocycles. The number of non-ortho nitro benzene ring substituents is 1. The van der Waals surface area contributed by atoms with Gasteiger partial charge < -0.3 is 24.8 Å². The Morgan fingerprint density at radius 1 is 0.970 bits per heavy atom. The van der Waals surface area contributed by atoms with Gasteiger partial charge in [0.25, 0.3) is 11.6 Å². The molecule has 0 heterocycles. The molecule has 0 saturated carbocycles. The molecule has 10 heteroatoms. The van der Waals surface area contributed by atoms with Crippen molar-refractivity contribution >= 4 is 29.3 Å². The number of nitrogens with zero attached hydrogens (tertiary/aromatic N) is 1. The SMILES string of the molecule is COc1cc(/C=C(/NC(=O)C(C)(C)C)C(=O)Nc2ccc([N+](=O)[O-])cc2)cc(OC)c1OC. The summed E-state index contributed by atoms with van der Waals surface area (Å²) < 4.78 is 16.0. The number of benzene rings is 2.